The first-order chi connectivity index (χ1) is 16.9. The van der Waals surface area contributed by atoms with Crippen LogP contribution in [0.5, 0.6) is 0 Å². The molecule has 35 heavy (non-hydrogen) atoms. The number of ether oxygens (including phenoxy) is 1. The summed E-state index contributed by atoms with van der Waals surface area (Å²) in [6.07, 6.45) is 1.47. The number of nitrogens with one attached hydrogen (secondary N) is 1. The summed E-state index contributed by atoms with van der Waals surface area (Å²) >= 11 is 0. The lowest BCUT2D eigenvalue weighted by molar-refractivity contribution is -0.133. The molecule has 0 saturated carbocycles. The van der Waals surface area contributed by atoms with Crippen LogP contribution in [0.2, 0.25) is 0 Å². The van der Waals surface area contributed by atoms with Gasteiger partial charge in [-0.25, -0.2) is 4.79 Å². The van der Waals surface area contributed by atoms with Crippen LogP contribution in [0.4, 0.5) is 0 Å². The number of fused-ring (bicyclic) bond motifs is 1. The van der Waals surface area contributed by atoms with Gasteiger partial charge >= 0.3 is 5.97 Å². The van der Waals surface area contributed by atoms with Crippen molar-refractivity contribution in [1.29, 1.82) is 0 Å². The maximum Gasteiger partial charge on any atom is 0.358 e. The highest BCUT2D eigenvalue weighted by molar-refractivity contribution is 6.01. The van der Waals surface area contributed by atoms with Gasteiger partial charge in [-0.3, -0.25) is 14.3 Å². The molecule has 8 nitrogen and oxygen atoms in total. The maximum atomic E-state index is 13.6. The third-order valence-electron chi connectivity index (χ3n) is 6.26. The van der Waals surface area contributed by atoms with Gasteiger partial charge in [-0.05, 0) is 37.8 Å². The van der Waals surface area contributed by atoms with Gasteiger partial charge in [-0.1, -0.05) is 60.7 Å². The van der Waals surface area contributed by atoms with E-state index in [1.165, 1.54) is 16.3 Å². The molecule has 0 fully saturated rings. The lowest BCUT2D eigenvalue weighted by atomic mass is 9.94. The van der Waals surface area contributed by atoms with Crippen molar-refractivity contribution in [1.82, 2.24) is 20.0 Å². The summed E-state index contributed by atoms with van der Waals surface area (Å²) < 4.78 is 6.50. The van der Waals surface area contributed by atoms with E-state index < -0.39 is 11.5 Å². The number of hydrogen-bond acceptors (Lipinski definition) is 5. The molecule has 0 spiro atoms. The van der Waals surface area contributed by atoms with Crippen LogP contribution in [0.25, 0.3) is 0 Å². The summed E-state index contributed by atoms with van der Waals surface area (Å²) in [6, 6.07) is 21.1. The number of aromatic nitrogens is 2. The van der Waals surface area contributed by atoms with Crippen LogP contribution in [-0.2, 0) is 29.0 Å². The fraction of sp³-hybridized carbons (Fsp3) is 0.333. The number of nitrogens with zero attached hydrogens (tertiary/aromatic N) is 3. The molecule has 0 bridgehead atoms. The fourth-order valence-corrected chi connectivity index (χ4v) is 4.35. The molecular formula is C27H30N4O4. The lowest BCUT2D eigenvalue weighted by Gasteiger charge is -2.43. The number of rotatable bonds is 9. The van der Waals surface area contributed by atoms with E-state index in [4.69, 9.17) is 4.74 Å². The Morgan fingerprint density at radius 2 is 1.71 bits per heavy atom. The number of carbonyl (C=O) groups excluding carboxylic acids is 3. The predicted molar refractivity (Wildman–Crippen MR) is 131 cm³/mol. The summed E-state index contributed by atoms with van der Waals surface area (Å²) in [5.74, 6) is -1.19. The standard InChI is InChI=1S/C27H30N4O4/c1-3-35-25(33)22-17-23-24(32)30(16-10-15-20-11-6-4-7-12-20)27(2,19-31(23)29-22)26(34)28-18-21-13-8-5-9-14-21/h4-9,11-14,17H,3,10,15-16,18-19H2,1-2H3,(H,28,34)/t27-/m0/s1. The maximum absolute atomic E-state index is 13.6. The van der Waals surface area contributed by atoms with Gasteiger partial charge in [-0.2, -0.15) is 5.10 Å². The van der Waals surface area contributed by atoms with Crippen molar-refractivity contribution in [3.63, 3.8) is 0 Å². The number of hydrogen-bond donors (Lipinski definition) is 1. The average Bonchev–Trinajstić information content (AvgIpc) is 3.30. The Hall–Kier alpha value is -3.94. The van der Waals surface area contributed by atoms with Crippen molar-refractivity contribution < 1.29 is 19.1 Å². The second kappa shape index (κ2) is 10.5. The third-order valence-corrected chi connectivity index (χ3v) is 6.26. The van der Waals surface area contributed by atoms with E-state index in [1.54, 1.807) is 18.7 Å². The normalized spacial score (nSPS) is 17.1. The zero-order chi connectivity index (χ0) is 24.8. The molecule has 2 aromatic carbocycles. The van der Waals surface area contributed by atoms with Crippen LogP contribution in [0.15, 0.2) is 66.7 Å². The Labute approximate surface area is 204 Å². The lowest BCUT2D eigenvalue weighted by Crippen LogP contribution is -2.64. The third kappa shape index (κ3) is 5.26. The molecule has 4 rings (SSSR count). The van der Waals surface area contributed by atoms with E-state index in [9.17, 15) is 14.4 Å². The van der Waals surface area contributed by atoms with Crippen LogP contribution in [0, 0.1) is 0 Å². The van der Waals surface area contributed by atoms with E-state index >= 15 is 0 Å². The molecule has 0 aliphatic carbocycles. The molecule has 2 amide bonds. The highest BCUT2D eigenvalue weighted by Gasteiger charge is 2.47. The molecule has 0 radical (unpaired) electrons. The minimum atomic E-state index is -1.17. The van der Waals surface area contributed by atoms with E-state index in [2.05, 4.69) is 10.4 Å². The molecule has 8 heteroatoms. The number of amides is 2. The van der Waals surface area contributed by atoms with Crippen LogP contribution < -0.4 is 5.32 Å². The predicted octanol–water partition coefficient (Wildman–Crippen LogP) is 3.22. The van der Waals surface area contributed by atoms with Crippen molar-refractivity contribution in [2.45, 2.75) is 45.3 Å². The molecular weight excluding hydrogens is 444 g/mol. The van der Waals surface area contributed by atoms with E-state index in [0.29, 0.717) is 19.5 Å². The summed E-state index contributed by atoms with van der Waals surface area (Å²) in [5, 5.41) is 7.28. The second-order valence-corrected chi connectivity index (χ2v) is 8.78. The summed E-state index contributed by atoms with van der Waals surface area (Å²) in [7, 11) is 0. The largest absolute Gasteiger partial charge is 0.461 e. The molecule has 2 heterocycles. The first-order valence-electron chi connectivity index (χ1n) is 11.9. The molecule has 3 aromatic rings. The van der Waals surface area contributed by atoms with Crippen molar-refractivity contribution in [2.24, 2.45) is 0 Å². The minimum absolute atomic E-state index is 0.0633. The zero-order valence-corrected chi connectivity index (χ0v) is 20.1. The van der Waals surface area contributed by atoms with Gasteiger partial charge in [-0.15, -0.1) is 0 Å². The number of carbonyl (C=O) groups is 3. The van der Waals surface area contributed by atoms with Crippen LogP contribution in [-0.4, -0.2) is 51.2 Å². The van der Waals surface area contributed by atoms with Crippen molar-refractivity contribution >= 4 is 17.8 Å². The van der Waals surface area contributed by atoms with Gasteiger partial charge in [0, 0.05) is 19.2 Å². The van der Waals surface area contributed by atoms with Crippen molar-refractivity contribution in [3.05, 3.63) is 89.2 Å². The van der Waals surface area contributed by atoms with Gasteiger partial charge in [0.15, 0.2) is 5.69 Å². The van der Waals surface area contributed by atoms with Crippen LogP contribution in [0.1, 0.15) is 52.4 Å². The Morgan fingerprint density at radius 1 is 1.06 bits per heavy atom. The summed E-state index contributed by atoms with van der Waals surface area (Å²) in [6.45, 7) is 4.55. The highest BCUT2D eigenvalue weighted by Crippen LogP contribution is 2.28. The molecule has 1 aliphatic rings. The number of aryl methyl sites for hydroxylation is 1. The average molecular weight is 475 g/mol. The van der Waals surface area contributed by atoms with E-state index in [0.717, 1.165) is 12.0 Å². The smallest absolute Gasteiger partial charge is 0.358 e. The van der Waals surface area contributed by atoms with Gasteiger partial charge in [0.2, 0.25) is 5.91 Å². The monoisotopic (exact) mass is 474 g/mol. The molecule has 0 unspecified atom stereocenters. The molecule has 1 aromatic heterocycles. The quantitative estimate of drug-likeness (QED) is 0.481. The van der Waals surface area contributed by atoms with Gasteiger partial charge in [0.05, 0.1) is 13.2 Å². The van der Waals surface area contributed by atoms with Crippen molar-refractivity contribution in [2.75, 3.05) is 13.2 Å². The molecule has 0 saturated heterocycles. The Balaban J connectivity index is 1.58. The number of benzene rings is 2. The van der Waals surface area contributed by atoms with Gasteiger partial charge in [0.1, 0.15) is 11.2 Å². The fourth-order valence-electron chi connectivity index (χ4n) is 4.35. The highest BCUT2D eigenvalue weighted by atomic mass is 16.5. The first kappa shape index (κ1) is 24.2. The van der Waals surface area contributed by atoms with Crippen LogP contribution in [0.3, 0.4) is 0 Å². The molecule has 1 atom stereocenters. The van der Waals surface area contributed by atoms with Crippen LogP contribution >= 0.6 is 0 Å². The molecule has 1 aliphatic heterocycles. The Kier molecular flexibility index (Phi) is 7.29. The topological polar surface area (TPSA) is 93.5 Å². The summed E-state index contributed by atoms with van der Waals surface area (Å²) in [5.41, 5.74) is 1.30. The number of esters is 1. The second-order valence-electron chi connectivity index (χ2n) is 8.78. The minimum Gasteiger partial charge on any atom is -0.461 e. The summed E-state index contributed by atoms with van der Waals surface area (Å²) in [4.78, 5) is 40.9. The van der Waals surface area contributed by atoms with E-state index in [-0.39, 0.29) is 36.4 Å². The van der Waals surface area contributed by atoms with Gasteiger partial charge in [0.25, 0.3) is 5.91 Å². The van der Waals surface area contributed by atoms with Gasteiger partial charge < -0.3 is 15.0 Å². The Bertz CT molecular complexity index is 1190. The molecule has 1 N–H and O–H groups in total. The zero-order valence-electron chi connectivity index (χ0n) is 20.1. The Morgan fingerprint density at radius 3 is 2.37 bits per heavy atom. The first-order valence-corrected chi connectivity index (χ1v) is 11.9. The van der Waals surface area contributed by atoms with E-state index in [1.807, 2.05) is 60.7 Å². The SMILES string of the molecule is CCOC(=O)c1cc2n(n1)C[C@@](C)(C(=O)NCc1ccccc1)N(CCCc1ccccc1)C2=O. The van der Waals surface area contributed by atoms with Crippen molar-refractivity contribution in [3.8, 4) is 0 Å². The molecule has 182 valence electrons.